The van der Waals surface area contributed by atoms with Gasteiger partial charge in [0.25, 0.3) is 0 Å². The fourth-order valence-corrected chi connectivity index (χ4v) is 3.78. The fraction of sp³-hybridized carbons (Fsp3) is 0.632. The summed E-state index contributed by atoms with van der Waals surface area (Å²) in [7, 11) is 1.70. The Morgan fingerprint density at radius 1 is 1.28 bits per heavy atom. The summed E-state index contributed by atoms with van der Waals surface area (Å²) >= 11 is 0. The summed E-state index contributed by atoms with van der Waals surface area (Å²) in [6, 6.07) is 5.41. The van der Waals surface area contributed by atoms with E-state index in [9.17, 15) is 9.18 Å². The van der Waals surface area contributed by atoms with Gasteiger partial charge in [0.2, 0.25) is 0 Å². The van der Waals surface area contributed by atoms with Crippen LogP contribution < -0.4 is 10.2 Å². The minimum absolute atomic E-state index is 0.0267. The zero-order chi connectivity index (χ0) is 17.8. The van der Waals surface area contributed by atoms with Crippen molar-refractivity contribution in [3.63, 3.8) is 0 Å². The SMILES string of the molecule is COCC1CCN(C(=O)NC2CCN(c3cc(C)ccc3F)CC2)C1. The maximum atomic E-state index is 14.0. The van der Waals surface area contributed by atoms with Crippen LogP contribution in [0.4, 0.5) is 14.9 Å². The maximum Gasteiger partial charge on any atom is 0.317 e. The van der Waals surface area contributed by atoms with Crippen molar-refractivity contribution in [1.82, 2.24) is 10.2 Å². The van der Waals surface area contributed by atoms with E-state index in [1.807, 2.05) is 17.9 Å². The second kappa shape index (κ2) is 8.04. The maximum absolute atomic E-state index is 14.0. The molecule has 138 valence electrons. The molecule has 1 aromatic rings. The molecule has 5 nitrogen and oxygen atoms in total. The molecule has 25 heavy (non-hydrogen) atoms. The van der Waals surface area contributed by atoms with Crippen LogP contribution in [0.5, 0.6) is 0 Å². The lowest BCUT2D eigenvalue weighted by Gasteiger charge is -2.35. The smallest absolute Gasteiger partial charge is 0.317 e. The summed E-state index contributed by atoms with van der Waals surface area (Å²) in [6.45, 7) is 5.78. The molecule has 0 aliphatic carbocycles. The molecule has 1 N–H and O–H groups in total. The average Bonchev–Trinajstić information content (AvgIpc) is 3.07. The zero-order valence-corrected chi connectivity index (χ0v) is 15.1. The number of benzene rings is 1. The molecule has 0 spiro atoms. The molecule has 1 atom stereocenters. The molecule has 3 rings (SSSR count). The lowest BCUT2D eigenvalue weighted by molar-refractivity contribution is 0.153. The Morgan fingerprint density at radius 2 is 2.04 bits per heavy atom. The molecule has 0 bridgehead atoms. The van der Waals surface area contributed by atoms with E-state index in [1.165, 1.54) is 6.07 Å². The Balaban J connectivity index is 1.48. The first kappa shape index (κ1) is 18.0. The molecular formula is C19H28FN3O2. The number of nitrogens with one attached hydrogen (secondary N) is 1. The van der Waals surface area contributed by atoms with Gasteiger partial charge in [-0.1, -0.05) is 6.07 Å². The molecule has 2 fully saturated rings. The van der Waals surface area contributed by atoms with Crippen LogP contribution in [-0.4, -0.2) is 56.9 Å². The summed E-state index contributed by atoms with van der Waals surface area (Å²) < 4.78 is 19.2. The van der Waals surface area contributed by atoms with Crippen LogP contribution in [0.2, 0.25) is 0 Å². The van der Waals surface area contributed by atoms with Gasteiger partial charge in [0.15, 0.2) is 0 Å². The van der Waals surface area contributed by atoms with E-state index >= 15 is 0 Å². The summed E-state index contributed by atoms with van der Waals surface area (Å²) in [5.41, 5.74) is 1.73. The van der Waals surface area contributed by atoms with Gasteiger partial charge < -0.3 is 19.9 Å². The third-order valence-electron chi connectivity index (χ3n) is 5.24. The molecule has 2 aliphatic rings. The molecule has 1 aromatic carbocycles. The molecule has 2 heterocycles. The third-order valence-corrected chi connectivity index (χ3v) is 5.24. The fourth-order valence-electron chi connectivity index (χ4n) is 3.78. The van der Waals surface area contributed by atoms with E-state index in [0.717, 1.165) is 51.0 Å². The van der Waals surface area contributed by atoms with Crippen molar-refractivity contribution in [1.29, 1.82) is 0 Å². The number of anilines is 1. The number of nitrogens with zero attached hydrogens (tertiary/aromatic N) is 2. The second-order valence-electron chi connectivity index (χ2n) is 7.22. The first-order chi connectivity index (χ1) is 12.1. The second-order valence-corrected chi connectivity index (χ2v) is 7.22. The van der Waals surface area contributed by atoms with Crippen LogP contribution in [0.25, 0.3) is 0 Å². The number of hydrogen-bond acceptors (Lipinski definition) is 3. The van der Waals surface area contributed by atoms with Crippen molar-refractivity contribution in [2.24, 2.45) is 5.92 Å². The molecular weight excluding hydrogens is 321 g/mol. The average molecular weight is 349 g/mol. The molecule has 6 heteroatoms. The Morgan fingerprint density at radius 3 is 2.76 bits per heavy atom. The number of hydrogen-bond donors (Lipinski definition) is 1. The predicted octanol–water partition coefficient (Wildman–Crippen LogP) is 2.78. The van der Waals surface area contributed by atoms with E-state index in [1.54, 1.807) is 13.2 Å². The lowest BCUT2D eigenvalue weighted by Crippen LogP contribution is -2.49. The highest BCUT2D eigenvalue weighted by Crippen LogP contribution is 2.25. The number of piperidine rings is 1. The van der Waals surface area contributed by atoms with Gasteiger partial charge in [-0.25, -0.2) is 9.18 Å². The number of likely N-dealkylation sites (tertiary alicyclic amines) is 1. The number of halogens is 1. The normalized spacial score (nSPS) is 21.6. The number of aryl methyl sites for hydroxylation is 1. The highest BCUT2D eigenvalue weighted by Gasteiger charge is 2.29. The van der Waals surface area contributed by atoms with Gasteiger partial charge in [-0.05, 0) is 43.9 Å². The van der Waals surface area contributed by atoms with Gasteiger partial charge in [0.1, 0.15) is 5.82 Å². The topological polar surface area (TPSA) is 44.8 Å². The molecule has 2 saturated heterocycles. The lowest BCUT2D eigenvalue weighted by atomic mass is 10.0. The van der Waals surface area contributed by atoms with Gasteiger partial charge in [0.05, 0.1) is 12.3 Å². The van der Waals surface area contributed by atoms with Crippen molar-refractivity contribution in [2.75, 3.05) is 44.8 Å². The van der Waals surface area contributed by atoms with Crippen LogP contribution >= 0.6 is 0 Å². The molecule has 0 radical (unpaired) electrons. The minimum atomic E-state index is -0.172. The number of ether oxygens (including phenoxy) is 1. The van der Waals surface area contributed by atoms with Crippen LogP contribution in [0.1, 0.15) is 24.8 Å². The first-order valence-electron chi connectivity index (χ1n) is 9.12. The standard InChI is InChI=1S/C19H28FN3O2/c1-14-3-4-17(20)18(11-14)22-9-6-16(7-10-22)21-19(24)23-8-5-15(12-23)13-25-2/h3-4,11,15-16H,5-10,12-13H2,1-2H3,(H,21,24). The van der Waals surface area contributed by atoms with Crippen molar-refractivity contribution in [3.05, 3.63) is 29.6 Å². The number of amides is 2. The Bertz CT molecular complexity index is 602. The summed E-state index contributed by atoms with van der Waals surface area (Å²) in [5.74, 6) is 0.274. The van der Waals surface area contributed by atoms with Gasteiger partial charge in [-0.3, -0.25) is 0 Å². The molecule has 0 aromatic heterocycles. The van der Waals surface area contributed by atoms with Crippen LogP contribution in [0.3, 0.4) is 0 Å². The van der Waals surface area contributed by atoms with Gasteiger partial charge in [-0.2, -0.15) is 0 Å². The third kappa shape index (κ3) is 4.42. The highest BCUT2D eigenvalue weighted by molar-refractivity contribution is 5.74. The van der Waals surface area contributed by atoms with Crippen molar-refractivity contribution >= 4 is 11.7 Å². The van der Waals surface area contributed by atoms with Crippen LogP contribution in [-0.2, 0) is 4.74 Å². The van der Waals surface area contributed by atoms with E-state index < -0.39 is 0 Å². The van der Waals surface area contributed by atoms with E-state index in [4.69, 9.17) is 4.74 Å². The monoisotopic (exact) mass is 349 g/mol. The Kier molecular flexibility index (Phi) is 5.78. The number of carbonyl (C=O) groups is 1. The Labute approximate surface area is 149 Å². The minimum Gasteiger partial charge on any atom is -0.384 e. The molecule has 1 unspecified atom stereocenters. The quantitative estimate of drug-likeness (QED) is 0.909. The van der Waals surface area contributed by atoms with Gasteiger partial charge >= 0.3 is 6.03 Å². The van der Waals surface area contributed by atoms with Crippen molar-refractivity contribution in [3.8, 4) is 0 Å². The van der Waals surface area contributed by atoms with E-state index in [-0.39, 0.29) is 17.9 Å². The largest absolute Gasteiger partial charge is 0.384 e. The first-order valence-corrected chi connectivity index (χ1v) is 9.12. The highest BCUT2D eigenvalue weighted by atomic mass is 19.1. The number of carbonyl (C=O) groups excluding carboxylic acids is 1. The van der Waals surface area contributed by atoms with Crippen molar-refractivity contribution in [2.45, 2.75) is 32.2 Å². The number of urea groups is 1. The predicted molar refractivity (Wildman–Crippen MR) is 96.5 cm³/mol. The van der Waals surface area contributed by atoms with Crippen LogP contribution in [0.15, 0.2) is 18.2 Å². The molecule has 2 amide bonds. The van der Waals surface area contributed by atoms with Gasteiger partial charge in [-0.15, -0.1) is 0 Å². The summed E-state index contributed by atoms with van der Waals surface area (Å²) in [4.78, 5) is 16.4. The van der Waals surface area contributed by atoms with Crippen LogP contribution in [0, 0.1) is 18.7 Å². The zero-order valence-electron chi connectivity index (χ0n) is 15.1. The van der Waals surface area contributed by atoms with Gasteiger partial charge in [0, 0.05) is 45.2 Å². The van der Waals surface area contributed by atoms with E-state index in [2.05, 4.69) is 10.2 Å². The Hall–Kier alpha value is -1.82. The van der Waals surface area contributed by atoms with Crippen molar-refractivity contribution < 1.29 is 13.9 Å². The van der Waals surface area contributed by atoms with E-state index in [0.29, 0.717) is 18.2 Å². The summed E-state index contributed by atoms with van der Waals surface area (Å²) in [5, 5.41) is 3.15. The number of rotatable bonds is 4. The molecule has 2 aliphatic heterocycles. The summed E-state index contributed by atoms with van der Waals surface area (Å²) in [6.07, 6.45) is 2.69. The molecule has 0 saturated carbocycles. The number of methoxy groups -OCH3 is 1.